The molecule has 0 fully saturated rings. The van der Waals surface area contributed by atoms with Gasteiger partial charge in [-0.15, -0.1) is 0 Å². The normalized spacial score (nSPS) is 11.8. The zero-order valence-electron chi connectivity index (χ0n) is 22.3. The highest BCUT2D eigenvalue weighted by atomic mass is 15.1. The summed E-state index contributed by atoms with van der Waals surface area (Å²) in [5.41, 5.74) is 14.6. The van der Waals surface area contributed by atoms with Crippen LogP contribution in [0.2, 0.25) is 0 Å². The smallest absolute Gasteiger partial charge is 0.0851 e. The van der Waals surface area contributed by atoms with Gasteiger partial charge in [0, 0.05) is 12.1 Å². The van der Waals surface area contributed by atoms with Crippen molar-refractivity contribution in [2.75, 3.05) is 0 Å². The molecule has 3 aromatic rings. The van der Waals surface area contributed by atoms with Gasteiger partial charge in [-0.25, -0.2) is 0 Å². The second kappa shape index (κ2) is 10.2. The van der Waals surface area contributed by atoms with Crippen LogP contribution in [-0.2, 0) is 0 Å². The zero-order valence-corrected chi connectivity index (χ0v) is 22.3. The molecule has 0 saturated carbocycles. The summed E-state index contributed by atoms with van der Waals surface area (Å²) in [5.74, 6) is 0. The molecule has 2 nitrogen and oxygen atoms in total. The standard InChI is InChI=1S/C31H42N2/c1-18(2)32-31(33-19(3)4)30-26(28-22(7)14-20(5)15-23(28)8)12-11-13-27(30)29-24(9)16-21(6)17-25(29)10/h11-19,31-33H,1-10H3. The maximum absolute atomic E-state index is 3.84. The molecule has 2 heteroatoms. The molecule has 0 spiro atoms. The number of nitrogens with one attached hydrogen (secondary N) is 2. The van der Waals surface area contributed by atoms with Gasteiger partial charge in [-0.05, 0) is 119 Å². The Labute approximate surface area is 201 Å². The Kier molecular flexibility index (Phi) is 7.82. The van der Waals surface area contributed by atoms with Gasteiger partial charge in [0.05, 0.1) is 6.17 Å². The first-order valence-electron chi connectivity index (χ1n) is 12.3. The first-order valence-corrected chi connectivity index (χ1v) is 12.3. The number of aryl methyl sites for hydroxylation is 6. The molecule has 0 aliphatic heterocycles. The Balaban J connectivity index is 2.42. The minimum absolute atomic E-state index is 0.0383. The van der Waals surface area contributed by atoms with Crippen LogP contribution in [0.5, 0.6) is 0 Å². The first kappa shape index (κ1) is 25.2. The predicted octanol–water partition coefficient (Wildman–Crippen LogP) is 7.87. The fraction of sp³-hybridized carbons (Fsp3) is 0.419. The van der Waals surface area contributed by atoms with Crippen LogP contribution in [0.4, 0.5) is 0 Å². The molecule has 0 heterocycles. The molecule has 0 unspecified atom stereocenters. The van der Waals surface area contributed by atoms with Gasteiger partial charge in [0.25, 0.3) is 0 Å². The Morgan fingerprint density at radius 1 is 0.545 bits per heavy atom. The van der Waals surface area contributed by atoms with Crippen LogP contribution in [0.1, 0.15) is 72.8 Å². The lowest BCUT2D eigenvalue weighted by molar-refractivity contribution is 0.377. The summed E-state index contributed by atoms with van der Waals surface area (Å²) in [6, 6.07) is 16.8. The van der Waals surface area contributed by atoms with Crippen LogP contribution in [0.25, 0.3) is 22.3 Å². The van der Waals surface area contributed by atoms with E-state index in [1.807, 2.05) is 0 Å². The molecule has 2 N–H and O–H groups in total. The molecule has 33 heavy (non-hydrogen) atoms. The van der Waals surface area contributed by atoms with Gasteiger partial charge >= 0.3 is 0 Å². The average molecular weight is 443 g/mol. The van der Waals surface area contributed by atoms with E-state index in [2.05, 4.69) is 122 Å². The van der Waals surface area contributed by atoms with Crippen LogP contribution < -0.4 is 10.6 Å². The van der Waals surface area contributed by atoms with Crippen molar-refractivity contribution >= 4 is 0 Å². The van der Waals surface area contributed by atoms with Gasteiger partial charge in [0.15, 0.2) is 0 Å². The van der Waals surface area contributed by atoms with Crippen molar-refractivity contribution in [1.82, 2.24) is 10.6 Å². The van der Waals surface area contributed by atoms with Crippen molar-refractivity contribution < 1.29 is 0 Å². The topological polar surface area (TPSA) is 24.1 Å². The third kappa shape index (κ3) is 5.57. The van der Waals surface area contributed by atoms with E-state index in [0.717, 1.165) is 0 Å². The minimum atomic E-state index is 0.0383. The van der Waals surface area contributed by atoms with Gasteiger partial charge < -0.3 is 0 Å². The second-order valence-corrected chi connectivity index (χ2v) is 10.4. The Bertz CT molecular complexity index is 1010. The quantitative estimate of drug-likeness (QED) is 0.364. The molecular weight excluding hydrogens is 400 g/mol. The maximum atomic E-state index is 3.84. The third-order valence-corrected chi connectivity index (χ3v) is 6.29. The molecule has 0 atom stereocenters. The van der Waals surface area contributed by atoms with E-state index in [9.17, 15) is 0 Å². The molecule has 0 aliphatic carbocycles. The predicted molar refractivity (Wildman–Crippen MR) is 145 cm³/mol. The minimum Gasteiger partial charge on any atom is -0.296 e. The van der Waals surface area contributed by atoms with E-state index >= 15 is 0 Å². The van der Waals surface area contributed by atoms with E-state index in [1.165, 1.54) is 61.2 Å². The highest BCUT2D eigenvalue weighted by molar-refractivity contribution is 5.84. The summed E-state index contributed by atoms with van der Waals surface area (Å²) in [6.45, 7) is 22.2. The van der Waals surface area contributed by atoms with Crippen molar-refractivity contribution in [3.05, 3.63) is 81.4 Å². The van der Waals surface area contributed by atoms with E-state index in [0.29, 0.717) is 12.1 Å². The van der Waals surface area contributed by atoms with E-state index in [4.69, 9.17) is 0 Å². The second-order valence-electron chi connectivity index (χ2n) is 10.4. The van der Waals surface area contributed by atoms with Gasteiger partial charge in [0.1, 0.15) is 0 Å². The molecule has 0 aromatic heterocycles. The first-order chi connectivity index (χ1) is 15.5. The lowest BCUT2D eigenvalue weighted by Gasteiger charge is -2.31. The van der Waals surface area contributed by atoms with Crippen molar-refractivity contribution in [2.45, 2.75) is 87.5 Å². The van der Waals surface area contributed by atoms with Gasteiger partial charge in [0.2, 0.25) is 0 Å². The van der Waals surface area contributed by atoms with Gasteiger partial charge in [-0.3, -0.25) is 10.6 Å². The lowest BCUT2D eigenvalue weighted by Crippen LogP contribution is -2.41. The van der Waals surface area contributed by atoms with E-state index in [-0.39, 0.29) is 6.17 Å². The molecule has 0 aliphatic rings. The summed E-state index contributed by atoms with van der Waals surface area (Å²) in [6.07, 6.45) is 0.0383. The van der Waals surface area contributed by atoms with Gasteiger partial charge in [-0.2, -0.15) is 0 Å². The lowest BCUT2D eigenvalue weighted by atomic mass is 9.83. The number of hydrogen-bond acceptors (Lipinski definition) is 2. The molecule has 176 valence electrons. The Hall–Kier alpha value is -2.42. The Morgan fingerprint density at radius 2 is 0.879 bits per heavy atom. The summed E-state index contributed by atoms with van der Waals surface area (Å²) in [7, 11) is 0. The summed E-state index contributed by atoms with van der Waals surface area (Å²) in [4.78, 5) is 0. The molecule has 0 amide bonds. The van der Waals surface area contributed by atoms with Crippen LogP contribution >= 0.6 is 0 Å². The molecule has 0 saturated heterocycles. The fourth-order valence-electron chi connectivity index (χ4n) is 5.40. The number of rotatable bonds is 7. The van der Waals surface area contributed by atoms with Crippen molar-refractivity contribution in [3.63, 3.8) is 0 Å². The maximum Gasteiger partial charge on any atom is 0.0851 e. The summed E-state index contributed by atoms with van der Waals surface area (Å²) < 4.78 is 0. The van der Waals surface area contributed by atoms with Crippen molar-refractivity contribution in [3.8, 4) is 22.3 Å². The van der Waals surface area contributed by atoms with E-state index in [1.54, 1.807) is 0 Å². The SMILES string of the molecule is Cc1cc(C)c(-c2cccc(-c3c(C)cc(C)cc3C)c2C(NC(C)C)NC(C)C)c(C)c1. The number of hydrogen-bond donors (Lipinski definition) is 2. The molecule has 0 radical (unpaired) electrons. The van der Waals surface area contributed by atoms with Crippen LogP contribution in [-0.4, -0.2) is 12.1 Å². The summed E-state index contributed by atoms with van der Waals surface area (Å²) in [5, 5.41) is 7.67. The monoisotopic (exact) mass is 442 g/mol. The van der Waals surface area contributed by atoms with Gasteiger partial charge in [-0.1, -0.05) is 53.6 Å². The summed E-state index contributed by atoms with van der Waals surface area (Å²) >= 11 is 0. The van der Waals surface area contributed by atoms with Crippen LogP contribution in [0, 0.1) is 41.5 Å². The van der Waals surface area contributed by atoms with Crippen molar-refractivity contribution in [2.24, 2.45) is 0 Å². The Morgan fingerprint density at radius 3 is 1.18 bits per heavy atom. The molecule has 3 aromatic carbocycles. The number of benzene rings is 3. The van der Waals surface area contributed by atoms with E-state index < -0.39 is 0 Å². The average Bonchev–Trinajstić information content (AvgIpc) is 2.65. The van der Waals surface area contributed by atoms with Crippen LogP contribution in [0.3, 0.4) is 0 Å². The molecule has 3 rings (SSSR count). The largest absolute Gasteiger partial charge is 0.296 e. The van der Waals surface area contributed by atoms with Crippen LogP contribution in [0.15, 0.2) is 42.5 Å². The fourth-order valence-corrected chi connectivity index (χ4v) is 5.40. The third-order valence-electron chi connectivity index (χ3n) is 6.29. The van der Waals surface area contributed by atoms with Crippen molar-refractivity contribution in [1.29, 1.82) is 0 Å². The molecular formula is C31H42N2. The highest BCUT2D eigenvalue weighted by Gasteiger charge is 2.25. The molecule has 0 bridgehead atoms. The zero-order chi connectivity index (χ0) is 24.4. The highest BCUT2D eigenvalue weighted by Crippen LogP contribution is 2.41.